The molecule has 0 aliphatic carbocycles. The lowest BCUT2D eigenvalue weighted by Crippen LogP contribution is -2.50. The van der Waals surface area contributed by atoms with Gasteiger partial charge in [0.05, 0.1) is 29.3 Å². The van der Waals surface area contributed by atoms with Gasteiger partial charge in [0.2, 0.25) is 5.91 Å². The van der Waals surface area contributed by atoms with Gasteiger partial charge in [0, 0.05) is 23.2 Å². The molecule has 0 saturated carbocycles. The molecule has 4 bridgehead atoms. The molecule has 3 atom stereocenters. The van der Waals surface area contributed by atoms with Crippen LogP contribution in [0.3, 0.4) is 0 Å². The van der Waals surface area contributed by atoms with Gasteiger partial charge in [0.15, 0.2) is 0 Å². The Morgan fingerprint density at radius 1 is 1.03 bits per heavy atom. The standard InChI is InChI=1S/C25H28Cl2N4O4S/c1-16-22-12-14-30(16)25(33)17-6-11-20(27)23(15-17)36(34,35)31(19-9-7-18(26)8-10-19)13-4-2-3-5-21(28)24(32)29-22/h2,4,6-11,15-16,21-22H,3,5,12-14,28H2,1H3,(H,29,32)/b4-2+/t16-,21?,22-/m1/s1. The van der Waals surface area contributed by atoms with E-state index in [2.05, 4.69) is 5.32 Å². The predicted octanol–water partition coefficient (Wildman–Crippen LogP) is 3.59. The third kappa shape index (κ3) is 5.39. The van der Waals surface area contributed by atoms with E-state index in [0.717, 1.165) is 0 Å². The van der Waals surface area contributed by atoms with Crippen LogP contribution in [0.25, 0.3) is 0 Å². The summed E-state index contributed by atoms with van der Waals surface area (Å²) in [4.78, 5) is 27.5. The molecule has 36 heavy (non-hydrogen) atoms. The van der Waals surface area contributed by atoms with Crippen molar-refractivity contribution >= 4 is 50.7 Å². The highest BCUT2D eigenvalue weighted by Gasteiger charge is 2.36. The molecule has 2 aliphatic rings. The Balaban J connectivity index is 1.79. The van der Waals surface area contributed by atoms with Crippen LogP contribution in [0.1, 0.15) is 36.5 Å². The summed E-state index contributed by atoms with van der Waals surface area (Å²) in [6.45, 7) is 2.28. The molecule has 0 aromatic heterocycles. The average Bonchev–Trinajstić information content (AvgIpc) is 3.20. The number of halogens is 2. The fourth-order valence-corrected chi connectivity index (χ4v) is 6.52. The molecule has 2 aromatic carbocycles. The van der Waals surface area contributed by atoms with Crippen LogP contribution >= 0.6 is 23.2 Å². The van der Waals surface area contributed by atoms with Crippen molar-refractivity contribution in [3.63, 3.8) is 0 Å². The first kappa shape index (κ1) is 26.5. The van der Waals surface area contributed by atoms with E-state index in [4.69, 9.17) is 28.9 Å². The average molecular weight is 551 g/mol. The number of sulfonamides is 1. The van der Waals surface area contributed by atoms with Gasteiger partial charge in [-0.05, 0) is 68.7 Å². The maximum Gasteiger partial charge on any atom is 0.266 e. The van der Waals surface area contributed by atoms with Gasteiger partial charge in [-0.2, -0.15) is 0 Å². The minimum atomic E-state index is -4.16. The highest BCUT2D eigenvalue weighted by atomic mass is 35.5. The Morgan fingerprint density at radius 2 is 1.75 bits per heavy atom. The number of benzene rings is 2. The van der Waals surface area contributed by atoms with Crippen LogP contribution in [0.4, 0.5) is 5.69 Å². The first-order valence-electron chi connectivity index (χ1n) is 11.7. The number of nitrogens with one attached hydrogen (secondary N) is 1. The summed E-state index contributed by atoms with van der Waals surface area (Å²) in [6, 6.07) is 9.42. The molecular weight excluding hydrogens is 523 g/mol. The number of hydrogen-bond donors (Lipinski definition) is 2. The molecule has 1 unspecified atom stereocenters. The fourth-order valence-electron chi connectivity index (χ4n) is 4.47. The summed E-state index contributed by atoms with van der Waals surface area (Å²) in [7, 11) is -4.16. The molecule has 2 amide bonds. The van der Waals surface area contributed by atoms with Crippen LogP contribution in [0.5, 0.6) is 0 Å². The van der Waals surface area contributed by atoms with E-state index in [1.165, 1.54) is 22.5 Å². The monoisotopic (exact) mass is 550 g/mol. The molecule has 4 rings (SSSR count). The molecule has 11 heteroatoms. The van der Waals surface area contributed by atoms with Crippen LogP contribution in [0, 0.1) is 0 Å². The van der Waals surface area contributed by atoms with Gasteiger partial charge in [0.1, 0.15) is 4.90 Å². The molecule has 8 nitrogen and oxygen atoms in total. The molecule has 2 aromatic rings. The minimum Gasteiger partial charge on any atom is -0.350 e. The molecule has 1 fully saturated rings. The second kappa shape index (κ2) is 10.8. The summed E-state index contributed by atoms with van der Waals surface area (Å²) in [5.74, 6) is -0.600. The molecule has 192 valence electrons. The summed E-state index contributed by atoms with van der Waals surface area (Å²) in [6.07, 6.45) is 4.96. The first-order chi connectivity index (χ1) is 17.1. The molecule has 0 spiro atoms. The van der Waals surface area contributed by atoms with Crippen LogP contribution < -0.4 is 15.4 Å². The summed E-state index contributed by atoms with van der Waals surface area (Å²) < 4.78 is 28.9. The van der Waals surface area contributed by atoms with Crippen molar-refractivity contribution in [2.24, 2.45) is 5.73 Å². The molecule has 3 N–H and O–H groups in total. The second-order valence-corrected chi connectivity index (χ2v) is 11.6. The Kier molecular flexibility index (Phi) is 7.94. The Bertz CT molecular complexity index is 1280. The van der Waals surface area contributed by atoms with Gasteiger partial charge < -0.3 is 16.0 Å². The van der Waals surface area contributed by atoms with Crippen LogP contribution in [0.15, 0.2) is 59.5 Å². The van der Waals surface area contributed by atoms with Crippen LogP contribution in [-0.2, 0) is 14.8 Å². The quantitative estimate of drug-likeness (QED) is 0.527. The highest BCUT2D eigenvalue weighted by molar-refractivity contribution is 7.93. The zero-order valence-corrected chi connectivity index (χ0v) is 22.1. The summed E-state index contributed by atoms with van der Waals surface area (Å²) in [5, 5.41) is 3.44. The largest absolute Gasteiger partial charge is 0.350 e. The number of amides is 2. The van der Waals surface area contributed by atoms with Crippen molar-refractivity contribution in [3.8, 4) is 0 Å². The maximum atomic E-state index is 13.9. The van der Waals surface area contributed by atoms with E-state index < -0.39 is 16.1 Å². The van der Waals surface area contributed by atoms with Gasteiger partial charge in [-0.1, -0.05) is 35.4 Å². The number of anilines is 1. The van der Waals surface area contributed by atoms with E-state index in [9.17, 15) is 18.0 Å². The minimum absolute atomic E-state index is 0.00510. The maximum absolute atomic E-state index is 13.9. The number of nitrogens with two attached hydrogens (primary N) is 1. The number of rotatable bonds is 1. The SMILES string of the molecule is C[C@@H]1[C@H]2CCN1C(=O)c1ccc(Cl)c(c1)S(=O)(=O)N(c1ccc(Cl)cc1)C/C=C/CCC(N)C(=O)N2. The van der Waals surface area contributed by atoms with Crippen molar-refractivity contribution in [2.75, 3.05) is 17.4 Å². The van der Waals surface area contributed by atoms with E-state index in [1.54, 1.807) is 41.3 Å². The number of carbonyl (C=O) groups excluding carboxylic acids is 2. The van der Waals surface area contributed by atoms with Crippen molar-refractivity contribution in [2.45, 2.75) is 49.2 Å². The van der Waals surface area contributed by atoms with Gasteiger partial charge >= 0.3 is 0 Å². The molecule has 1 saturated heterocycles. The van der Waals surface area contributed by atoms with Gasteiger partial charge in [-0.25, -0.2) is 8.42 Å². The first-order valence-corrected chi connectivity index (χ1v) is 13.9. The smallest absolute Gasteiger partial charge is 0.266 e. The molecule has 0 radical (unpaired) electrons. The van der Waals surface area contributed by atoms with Gasteiger partial charge in [-0.15, -0.1) is 0 Å². The van der Waals surface area contributed by atoms with E-state index in [0.29, 0.717) is 36.5 Å². The van der Waals surface area contributed by atoms with Crippen molar-refractivity contribution < 1.29 is 18.0 Å². The highest BCUT2D eigenvalue weighted by Crippen LogP contribution is 2.31. The second-order valence-electron chi connectivity index (χ2n) is 8.96. The lowest BCUT2D eigenvalue weighted by molar-refractivity contribution is -0.123. The van der Waals surface area contributed by atoms with Gasteiger partial charge in [0.25, 0.3) is 15.9 Å². The Morgan fingerprint density at radius 3 is 2.47 bits per heavy atom. The van der Waals surface area contributed by atoms with Crippen molar-refractivity contribution in [1.29, 1.82) is 0 Å². The summed E-state index contributed by atoms with van der Waals surface area (Å²) >= 11 is 12.4. The van der Waals surface area contributed by atoms with Gasteiger partial charge in [-0.3, -0.25) is 13.9 Å². The predicted molar refractivity (Wildman–Crippen MR) is 141 cm³/mol. The zero-order valence-electron chi connectivity index (χ0n) is 19.7. The number of fused-ring (bicyclic) bond motifs is 4. The number of allylic oxidation sites excluding steroid dienone is 1. The van der Waals surface area contributed by atoms with Crippen LogP contribution in [0.2, 0.25) is 10.0 Å². The van der Waals surface area contributed by atoms with E-state index in [-0.39, 0.29) is 45.9 Å². The van der Waals surface area contributed by atoms with Crippen LogP contribution in [-0.4, -0.2) is 56.3 Å². The molecular formula is C25H28Cl2N4O4S. The van der Waals surface area contributed by atoms with Crippen molar-refractivity contribution in [1.82, 2.24) is 10.2 Å². The lowest BCUT2D eigenvalue weighted by atomic mass is 10.1. The van der Waals surface area contributed by atoms with E-state index >= 15 is 0 Å². The Hall–Kier alpha value is -2.59. The zero-order chi connectivity index (χ0) is 26.0. The number of nitrogens with zero attached hydrogens (tertiary/aromatic N) is 2. The third-order valence-electron chi connectivity index (χ3n) is 6.62. The van der Waals surface area contributed by atoms with Crippen molar-refractivity contribution in [3.05, 3.63) is 70.2 Å². The number of carbonyl (C=O) groups is 2. The fraction of sp³-hybridized carbons (Fsp3) is 0.360. The summed E-state index contributed by atoms with van der Waals surface area (Å²) in [5.41, 5.74) is 6.68. The molecule has 2 aliphatic heterocycles. The van der Waals surface area contributed by atoms with E-state index in [1.807, 2.05) is 6.92 Å². The normalized spacial score (nSPS) is 25.8. The number of hydrogen-bond acceptors (Lipinski definition) is 5. The Labute approximate surface area is 221 Å². The third-order valence-corrected chi connectivity index (χ3v) is 9.15. The molecule has 2 heterocycles. The lowest BCUT2D eigenvalue weighted by Gasteiger charge is -2.27. The topological polar surface area (TPSA) is 113 Å².